The van der Waals surface area contributed by atoms with Gasteiger partial charge in [-0.05, 0) is 31.9 Å². The highest BCUT2D eigenvalue weighted by Gasteiger charge is 2.10. The molecule has 0 saturated carbocycles. The van der Waals surface area contributed by atoms with Gasteiger partial charge in [-0.15, -0.1) is 0 Å². The van der Waals surface area contributed by atoms with Crippen LogP contribution in [0.15, 0.2) is 18.3 Å². The minimum atomic E-state index is 0.143. The molecule has 0 aliphatic carbocycles. The highest BCUT2D eigenvalue weighted by molar-refractivity contribution is 7.80. The van der Waals surface area contributed by atoms with Crippen molar-refractivity contribution in [2.24, 2.45) is 5.73 Å². The van der Waals surface area contributed by atoms with Gasteiger partial charge in [-0.3, -0.25) is 0 Å². The molecule has 0 spiro atoms. The van der Waals surface area contributed by atoms with Gasteiger partial charge in [0, 0.05) is 6.20 Å². The molecule has 18 heavy (non-hydrogen) atoms. The topological polar surface area (TPSA) is 48.1 Å². The molecule has 0 fully saturated rings. The van der Waals surface area contributed by atoms with Gasteiger partial charge in [-0.1, -0.05) is 38.4 Å². The Bertz CT molecular complexity index is 382. The van der Waals surface area contributed by atoms with Crippen molar-refractivity contribution in [3.63, 3.8) is 0 Å². The van der Waals surface area contributed by atoms with Crippen LogP contribution in [0.5, 0.6) is 5.88 Å². The van der Waals surface area contributed by atoms with E-state index in [9.17, 15) is 0 Å². The van der Waals surface area contributed by atoms with Gasteiger partial charge >= 0.3 is 0 Å². The number of aromatic nitrogens is 1. The summed E-state index contributed by atoms with van der Waals surface area (Å²) in [6, 6.07) is 3.65. The quantitative estimate of drug-likeness (QED) is 0.578. The predicted octanol–water partition coefficient (Wildman–Crippen LogP) is 3.45. The molecule has 0 radical (unpaired) electrons. The van der Waals surface area contributed by atoms with E-state index in [4.69, 9.17) is 22.7 Å². The lowest BCUT2D eigenvalue weighted by molar-refractivity contribution is 0.198. The van der Waals surface area contributed by atoms with Crippen molar-refractivity contribution in [2.75, 3.05) is 0 Å². The molecule has 1 rings (SSSR count). The number of unbranched alkanes of at least 4 members (excludes halogenated alkanes) is 3. The van der Waals surface area contributed by atoms with Crippen LogP contribution >= 0.6 is 12.2 Å². The van der Waals surface area contributed by atoms with Gasteiger partial charge in [0.25, 0.3) is 0 Å². The van der Waals surface area contributed by atoms with Crippen LogP contribution in [-0.4, -0.2) is 16.1 Å². The number of rotatable bonds is 8. The van der Waals surface area contributed by atoms with Crippen LogP contribution < -0.4 is 10.5 Å². The first kappa shape index (κ1) is 14.9. The van der Waals surface area contributed by atoms with Crippen molar-refractivity contribution in [3.8, 4) is 5.88 Å². The SMILES string of the molecule is CCCCCCC(C)Oc1ncccc1C(N)=S. The first-order valence-corrected chi connectivity index (χ1v) is 6.97. The molecule has 4 heteroatoms. The predicted molar refractivity (Wildman–Crippen MR) is 79.0 cm³/mol. The molecule has 0 saturated heterocycles. The highest BCUT2D eigenvalue weighted by atomic mass is 32.1. The highest BCUT2D eigenvalue weighted by Crippen LogP contribution is 2.17. The van der Waals surface area contributed by atoms with Crippen LogP contribution in [0, 0.1) is 0 Å². The summed E-state index contributed by atoms with van der Waals surface area (Å²) in [5, 5.41) is 0. The van der Waals surface area contributed by atoms with Crippen molar-refractivity contribution >= 4 is 17.2 Å². The third kappa shape index (κ3) is 5.00. The normalized spacial score (nSPS) is 12.1. The summed E-state index contributed by atoms with van der Waals surface area (Å²) in [7, 11) is 0. The fourth-order valence-corrected chi connectivity index (χ4v) is 1.94. The van der Waals surface area contributed by atoms with E-state index < -0.39 is 0 Å². The second-order valence-corrected chi connectivity index (χ2v) is 4.94. The van der Waals surface area contributed by atoms with Crippen LogP contribution in [0.25, 0.3) is 0 Å². The average molecular weight is 266 g/mol. The van der Waals surface area contributed by atoms with Gasteiger partial charge in [0.15, 0.2) is 0 Å². The lowest BCUT2D eigenvalue weighted by atomic mass is 10.1. The molecule has 1 atom stereocenters. The van der Waals surface area contributed by atoms with Crippen LogP contribution in [0.3, 0.4) is 0 Å². The number of pyridine rings is 1. The van der Waals surface area contributed by atoms with Crippen molar-refractivity contribution in [1.29, 1.82) is 0 Å². The summed E-state index contributed by atoms with van der Waals surface area (Å²) in [6.07, 6.45) is 7.85. The van der Waals surface area contributed by atoms with Crippen molar-refractivity contribution < 1.29 is 4.74 Å². The second kappa shape index (κ2) is 8.03. The van der Waals surface area contributed by atoms with Crippen molar-refractivity contribution in [1.82, 2.24) is 4.98 Å². The Hall–Kier alpha value is -1.16. The minimum Gasteiger partial charge on any atom is -0.474 e. The first-order valence-electron chi connectivity index (χ1n) is 6.56. The summed E-state index contributed by atoms with van der Waals surface area (Å²) >= 11 is 4.98. The molecule has 1 aromatic heterocycles. The van der Waals surface area contributed by atoms with Crippen molar-refractivity contribution in [2.45, 2.75) is 52.1 Å². The molecule has 100 valence electrons. The lowest BCUT2D eigenvalue weighted by Crippen LogP contribution is -2.17. The Morgan fingerprint density at radius 3 is 2.89 bits per heavy atom. The number of nitrogens with two attached hydrogens (primary N) is 1. The van der Waals surface area contributed by atoms with Crippen molar-refractivity contribution in [3.05, 3.63) is 23.9 Å². The molecule has 2 N–H and O–H groups in total. The Morgan fingerprint density at radius 1 is 1.44 bits per heavy atom. The third-order valence-electron chi connectivity index (χ3n) is 2.81. The lowest BCUT2D eigenvalue weighted by Gasteiger charge is -2.15. The standard InChI is InChI=1S/C14H22N2OS/c1-3-4-5-6-8-11(2)17-14-12(13(15)18)9-7-10-16-14/h7,9-11H,3-6,8H2,1-2H3,(H2,15,18). The molecule has 0 aliphatic heterocycles. The first-order chi connectivity index (χ1) is 8.65. The van der Waals surface area contributed by atoms with Gasteiger partial charge < -0.3 is 10.5 Å². The minimum absolute atomic E-state index is 0.143. The number of nitrogens with zero attached hydrogens (tertiary/aromatic N) is 1. The van der Waals surface area contributed by atoms with E-state index in [2.05, 4.69) is 18.8 Å². The maximum absolute atomic E-state index is 5.81. The largest absolute Gasteiger partial charge is 0.474 e. The van der Waals surface area contributed by atoms with E-state index in [1.165, 1.54) is 25.7 Å². The van der Waals surface area contributed by atoms with E-state index in [0.717, 1.165) is 6.42 Å². The van der Waals surface area contributed by atoms with E-state index in [0.29, 0.717) is 16.4 Å². The zero-order valence-electron chi connectivity index (χ0n) is 11.2. The molecule has 0 aromatic carbocycles. The second-order valence-electron chi connectivity index (χ2n) is 4.50. The molecule has 1 unspecified atom stereocenters. The Morgan fingerprint density at radius 2 is 2.22 bits per heavy atom. The number of hydrogen-bond acceptors (Lipinski definition) is 3. The van der Waals surface area contributed by atoms with Crippen LogP contribution in [0.1, 0.15) is 51.5 Å². The Kier molecular flexibility index (Phi) is 6.65. The van der Waals surface area contributed by atoms with Crippen LogP contribution in [0.2, 0.25) is 0 Å². The summed E-state index contributed by atoms with van der Waals surface area (Å²) in [5.74, 6) is 0.549. The van der Waals surface area contributed by atoms with Gasteiger partial charge in [0.2, 0.25) is 5.88 Å². The molecular formula is C14H22N2OS. The fraction of sp³-hybridized carbons (Fsp3) is 0.571. The van der Waals surface area contributed by atoms with Crippen LogP contribution in [0.4, 0.5) is 0 Å². The number of ether oxygens (including phenoxy) is 1. The average Bonchev–Trinajstić information content (AvgIpc) is 2.35. The monoisotopic (exact) mass is 266 g/mol. The van der Waals surface area contributed by atoms with E-state index in [1.807, 2.05) is 12.1 Å². The van der Waals surface area contributed by atoms with Crippen LogP contribution in [-0.2, 0) is 0 Å². The van der Waals surface area contributed by atoms with Gasteiger partial charge in [0.05, 0.1) is 11.7 Å². The maximum Gasteiger partial charge on any atom is 0.223 e. The third-order valence-corrected chi connectivity index (χ3v) is 3.03. The fourth-order valence-electron chi connectivity index (χ4n) is 1.78. The molecular weight excluding hydrogens is 244 g/mol. The number of hydrogen-bond donors (Lipinski definition) is 1. The van der Waals surface area contributed by atoms with Gasteiger partial charge in [-0.2, -0.15) is 0 Å². The summed E-state index contributed by atoms with van der Waals surface area (Å²) in [5.41, 5.74) is 6.36. The number of thiocarbonyl (C=S) groups is 1. The molecule has 0 aliphatic rings. The molecule has 1 aromatic rings. The van der Waals surface area contributed by atoms with E-state index in [-0.39, 0.29) is 6.10 Å². The molecule has 3 nitrogen and oxygen atoms in total. The summed E-state index contributed by atoms with van der Waals surface area (Å²) in [4.78, 5) is 4.52. The van der Waals surface area contributed by atoms with E-state index >= 15 is 0 Å². The van der Waals surface area contributed by atoms with Gasteiger partial charge in [-0.25, -0.2) is 4.98 Å². The molecule has 0 amide bonds. The smallest absolute Gasteiger partial charge is 0.223 e. The molecule has 0 bridgehead atoms. The zero-order chi connectivity index (χ0) is 13.4. The van der Waals surface area contributed by atoms with E-state index in [1.54, 1.807) is 6.20 Å². The Labute approximate surface area is 115 Å². The summed E-state index contributed by atoms with van der Waals surface area (Å²) < 4.78 is 5.81. The summed E-state index contributed by atoms with van der Waals surface area (Å²) in [6.45, 7) is 4.27. The Balaban J connectivity index is 2.48. The maximum atomic E-state index is 5.81. The zero-order valence-corrected chi connectivity index (χ0v) is 12.0. The molecule has 1 heterocycles. The van der Waals surface area contributed by atoms with Gasteiger partial charge in [0.1, 0.15) is 4.99 Å².